The quantitative estimate of drug-likeness (QED) is 0.890. The van der Waals surface area contributed by atoms with Crippen molar-refractivity contribution in [2.75, 3.05) is 7.11 Å². The Balaban J connectivity index is 2.56. The standard InChI is InChI=1S/C15H19NO2/c1-4-14(2,10-16)15(17)8-7-11-5-6-12(18-3)9-13(11)15/h5-6,9,17H,4,7-8H2,1-3H3. The average Bonchev–Trinajstić information content (AvgIpc) is 2.76. The highest BCUT2D eigenvalue weighted by Crippen LogP contribution is 2.50. The maximum Gasteiger partial charge on any atom is 0.119 e. The van der Waals surface area contributed by atoms with Gasteiger partial charge in [-0.1, -0.05) is 13.0 Å². The molecule has 0 bridgehead atoms. The van der Waals surface area contributed by atoms with Crippen LogP contribution in [0.1, 0.15) is 37.8 Å². The van der Waals surface area contributed by atoms with Gasteiger partial charge in [0, 0.05) is 0 Å². The van der Waals surface area contributed by atoms with Gasteiger partial charge in [0.1, 0.15) is 11.4 Å². The van der Waals surface area contributed by atoms with Gasteiger partial charge in [0.15, 0.2) is 0 Å². The minimum atomic E-state index is -1.07. The second-order valence-corrected chi connectivity index (χ2v) is 5.18. The zero-order valence-electron chi connectivity index (χ0n) is 11.2. The van der Waals surface area contributed by atoms with Gasteiger partial charge in [0.05, 0.1) is 18.6 Å². The van der Waals surface area contributed by atoms with Gasteiger partial charge >= 0.3 is 0 Å². The fourth-order valence-corrected chi connectivity index (χ4v) is 2.77. The Morgan fingerprint density at radius 3 is 2.83 bits per heavy atom. The number of methoxy groups -OCH3 is 1. The monoisotopic (exact) mass is 245 g/mol. The highest BCUT2D eigenvalue weighted by atomic mass is 16.5. The minimum Gasteiger partial charge on any atom is -0.497 e. The number of nitriles is 1. The van der Waals surface area contributed by atoms with E-state index in [4.69, 9.17) is 4.74 Å². The summed E-state index contributed by atoms with van der Waals surface area (Å²) in [4.78, 5) is 0. The largest absolute Gasteiger partial charge is 0.497 e. The molecule has 1 aliphatic carbocycles. The van der Waals surface area contributed by atoms with Crippen LogP contribution >= 0.6 is 0 Å². The summed E-state index contributed by atoms with van der Waals surface area (Å²) in [7, 11) is 1.61. The van der Waals surface area contributed by atoms with Crippen LogP contribution in [-0.4, -0.2) is 12.2 Å². The molecule has 0 heterocycles. The van der Waals surface area contributed by atoms with Gasteiger partial charge in [0.25, 0.3) is 0 Å². The molecule has 2 atom stereocenters. The summed E-state index contributed by atoms with van der Waals surface area (Å²) in [5.74, 6) is 0.727. The first-order valence-corrected chi connectivity index (χ1v) is 6.32. The SMILES string of the molecule is CCC(C)(C#N)C1(O)CCc2ccc(OC)cc21. The fraction of sp³-hybridized carbons (Fsp3) is 0.533. The molecule has 0 saturated carbocycles. The summed E-state index contributed by atoms with van der Waals surface area (Å²) < 4.78 is 5.22. The van der Waals surface area contributed by atoms with Crippen molar-refractivity contribution in [1.82, 2.24) is 0 Å². The smallest absolute Gasteiger partial charge is 0.119 e. The second kappa shape index (κ2) is 4.29. The lowest BCUT2D eigenvalue weighted by molar-refractivity contribution is -0.0535. The molecule has 2 unspecified atom stereocenters. The van der Waals surface area contributed by atoms with Crippen LogP contribution in [0.25, 0.3) is 0 Å². The molecule has 0 saturated heterocycles. The van der Waals surface area contributed by atoms with E-state index < -0.39 is 11.0 Å². The van der Waals surface area contributed by atoms with E-state index in [9.17, 15) is 10.4 Å². The van der Waals surface area contributed by atoms with Gasteiger partial charge in [-0.15, -0.1) is 0 Å². The van der Waals surface area contributed by atoms with E-state index in [0.717, 1.165) is 23.3 Å². The number of aliphatic hydroxyl groups is 1. The van der Waals surface area contributed by atoms with Crippen LogP contribution in [0.2, 0.25) is 0 Å². The number of hydrogen-bond acceptors (Lipinski definition) is 3. The Labute approximate surface area is 108 Å². The van der Waals surface area contributed by atoms with Crippen LogP contribution in [0.5, 0.6) is 5.75 Å². The maximum atomic E-state index is 11.0. The number of benzene rings is 1. The molecule has 3 nitrogen and oxygen atoms in total. The lowest BCUT2D eigenvalue weighted by Gasteiger charge is -2.37. The summed E-state index contributed by atoms with van der Waals surface area (Å²) >= 11 is 0. The molecule has 0 amide bonds. The van der Waals surface area contributed by atoms with Gasteiger partial charge in [-0.25, -0.2) is 0 Å². The van der Waals surface area contributed by atoms with E-state index >= 15 is 0 Å². The second-order valence-electron chi connectivity index (χ2n) is 5.18. The molecular formula is C15H19NO2. The molecule has 0 radical (unpaired) electrons. The van der Waals surface area contributed by atoms with E-state index in [-0.39, 0.29) is 0 Å². The van der Waals surface area contributed by atoms with Crippen molar-refractivity contribution in [1.29, 1.82) is 5.26 Å². The highest BCUT2D eigenvalue weighted by molar-refractivity contribution is 5.45. The predicted molar refractivity (Wildman–Crippen MR) is 69.2 cm³/mol. The maximum absolute atomic E-state index is 11.0. The van der Waals surface area contributed by atoms with Crippen molar-refractivity contribution in [2.24, 2.45) is 5.41 Å². The molecular weight excluding hydrogens is 226 g/mol. The number of hydrogen-bond donors (Lipinski definition) is 1. The molecule has 3 heteroatoms. The lowest BCUT2D eigenvalue weighted by Crippen LogP contribution is -2.40. The van der Waals surface area contributed by atoms with Crippen LogP contribution in [0.15, 0.2) is 18.2 Å². The van der Waals surface area contributed by atoms with Crippen LogP contribution in [0.4, 0.5) is 0 Å². The fourth-order valence-electron chi connectivity index (χ4n) is 2.77. The molecule has 0 spiro atoms. The zero-order chi connectivity index (χ0) is 13.4. The summed E-state index contributed by atoms with van der Waals surface area (Å²) in [6.45, 7) is 3.78. The van der Waals surface area contributed by atoms with Crippen LogP contribution in [-0.2, 0) is 12.0 Å². The molecule has 0 aromatic heterocycles. The first kappa shape index (κ1) is 12.9. The topological polar surface area (TPSA) is 53.2 Å². The Kier molecular flexibility index (Phi) is 3.08. The van der Waals surface area contributed by atoms with Crippen molar-refractivity contribution in [2.45, 2.75) is 38.7 Å². The molecule has 0 fully saturated rings. The summed E-state index contributed by atoms with van der Waals surface area (Å²) in [5, 5.41) is 20.4. The molecule has 1 aromatic rings. The van der Waals surface area contributed by atoms with Crippen LogP contribution in [0, 0.1) is 16.7 Å². The first-order valence-electron chi connectivity index (χ1n) is 6.32. The summed E-state index contributed by atoms with van der Waals surface area (Å²) in [5.41, 5.74) is 0.145. The van der Waals surface area contributed by atoms with E-state index in [2.05, 4.69) is 6.07 Å². The Bertz CT molecular complexity index is 506. The zero-order valence-corrected chi connectivity index (χ0v) is 11.2. The van der Waals surface area contributed by atoms with E-state index in [1.807, 2.05) is 32.0 Å². The molecule has 2 rings (SSSR count). The Morgan fingerprint density at radius 1 is 1.56 bits per heavy atom. The summed E-state index contributed by atoms with van der Waals surface area (Å²) in [6.07, 6.45) is 2.04. The van der Waals surface area contributed by atoms with Crippen molar-refractivity contribution >= 4 is 0 Å². The van der Waals surface area contributed by atoms with Crippen molar-refractivity contribution < 1.29 is 9.84 Å². The van der Waals surface area contributed by atoms with Gasteiger partial charge in [-0.05, 0) is 49.4 Å². The van der Waals surface area contributed by atoms with Crippen molar-refractivity contribution in [3.8, 4) is 11.8 Å². The van der Waals surface area contributed by atoms with E-state index in [0.29, 0.717) is 12.8 Å². The third-order valence-electron chi connectivity index (χ3n) is 4.39. The molecule has 1 aliphatic rings. The molecule has 96 valence electrons. The first-order chi connectivity index (χ1) is 8.50. The van der Waals surface area contributed by atoms with Crippen LogP contribution < -0.4 is 4.74 Å². The molecule has 1 aromatic carbocycles. The van der Waals surface area contributed by atoms with Crippen molar-refractivity contribution in [3.05, 3.63) is 29.3 Å². The van der Waals surface area contributed by atoms with Gasteiger partial charge in [-0.2, -0.15) is 5.26 Å². The number of ether oxygens (including phenoxy) is 1. The van der Waals surface area contributed by atoms with Crippen molar-refractivity contribution in [3.63, 3.8) is 0 Å². The molecule has 1 N–H and O–H groups in total. The number of nitrogens with zero attached hydrogens (tertiary/aromatic N) is 1. The third-order valence-corrected chi connectivity index (χ3v) is 4.39. The van der Waals surface area contributed by atoms with Gasteiger partial charge < -0.3 is 9.84 Å². The Hall–Kier alpha value is -1.53. The van der Waals surface area contributed by atoms with E-state index in [1.54, 1.807) is 7.11 Å². The molecule has 18 heavy (non-hydrogen) atoms. The Morgan fingerprint density at radius 2 is 2.28 bits per heavy atom. The predicted octanol–water partition coefficient (Wildman–Crippen LogP) is 2.77. The normalized spacial score (nSPS) is 25.1. The average molecular weight is 245 g/mol. The number of rotatable bonds is 3. The lowest BCUT2D eigenvalue weighted by atomic mass is 9.69. The highest BCUT2D eigenvalue weighted by Gasteiger charge is 2.51. The van der Waals surface area contributed by atoms with Gasteiger partial charge in [-0.3, -0.25) is 0 Å². The van der Waals surface area contributed by atoms with Gasteiger partial charge in [0.2, 0.25) is 0 Å². The third kappa shape index (κ3) is 1.60. The number of aryl methyl sites for hydroxylation is 1. The molecule has 0 aliphatic heterocycles. The number of fused-ring (bicyclic) bond motifs is 1. The minimum absolute atomic E-state index is 0.605. The van der Waals surface area contributed by atoms with Crippen LogP contribution in [0.3, 0.4) is 0 Å². The summed E-state index contributed by atoms with van der Waals surface area (Å²) in [6, 6.07) is 8.06. The van der Waals surface area contributed by atoms with E-state index in [1.165, 1.54) is 0 Å².